The zero-order valence-electron chi connectivity index (χ0n) is 19.2. The highest BCUT2D eigenvalue weighted by Gasteiger charge is 2.62. The highest BCUT2D eigenvalue weighted by Crippen LogP contribution is 2.56. The van der Waals surface area contributed by atoms with Crippen molar-refractivity contribution in [2.75, 3.05) is 32.6 Å². The van der Waals surface area contributed by atoms with Gasteiger partial charge in [-0.3, -0.25) is 18.9 Å². The Morgan fingerprint density at radius 3 is 2.06 bits per heavy atom. The van der Waals surface area contributed by atoms with E-state index in [4.69, 9.17) is 4.18 Å². The molecule has 4 aliphatic rings. The molecule has 7 heteroatoms. The van der Waals surface area contributed by atoms with Gasteiger partial charge in [0, 0.05) is 25.0 Å². The summed E-state index contributed by atoms with van der Waals surface area (Å²) >= 11 is 0. The van der Waals surface area contributed by atoms with Gasteiger partial charge < -0.3 is 0 Å². The molecule has 6 nitrogen and oxygen atoms in total. The number of nitrogens with zero attached hydrogens (tertiary/aromatic N) is 3. The van der Waals surface area contributed by atoms with Gasteiger partial charge in [0.25, 0.3) is 10.1 Å². The minimum absolute atomic E-state index is 0.00238. The molecule has 34 heavy (non-hydrogen) atoms. The second-order valence-electron chi connectivity index (χ2n) is 9.58. The van der Waals surface area contributed by atoms with Crippen LogP contribution in [0, 0.1) is 5.92 Å². The van der Waals surface area contributed by atoms with Gasteiger partial charge in [-0.25, -0.2) is 0 Å². The van der Waals surface area contributed by atoms with E-state index in [1.807, 2.05) is 24.3 Å². The molecule has 4 bridgehead atoms. The van der Waals surface area contributed by atoms with E-state index in [2.05, 4.69) is 81.4 Å². The fourth-order valence-corrected chi connectivity index (χ4v) is 6.71. The minimum atomic E-state index is -3.61. The van der Waals surface area contributed by atoms with Crippen molar-refractivity contribution in [2.45, 2.75) is 17.9 Å². The largest absolute Gasteiger partial charge is 0.267 e. The third-order valence-corrected chi connectivity index (χ3v) is 8.13. The molecule has 4 saturated heterocycles. The Morgan fingerprint density at radius 2 is 1.44 bits per heavy atom. The molecule has 7 atom stereocenters. The van der Waals surface area contributed by atoms with Crippen molar-refractivity contribution in [3.63, 3.8) is 0 Å². The normalized spacial score (nSPS) is 34.3. The van der Waals surface area contributed by atoms with Crippen LogP contribution in [0.4, 0.5) is 0 Å². The molecule has 3 aromatic carbocycles. The first-order valence-electron chi connectivity index (χ1n) is 11.7. The van der Waals surface area contributed by atoms with Gasteiger partial charge in [-0.15, -0.1) is 0 Å². The molecule has 3 aromatic rings. The molecule has 0 spiro atoms. The summed E-state index contributed by atoms with van der Waals surface area (Å²) in [5.74, 6) is 0.409. The Hall–Kier alpha value is -2.55. The fourth-order valence-electron chi connectivity index (χ4n) is 6.33. The summed E-state index contributed by atoms with van der Waals surface area (Å²) < 4.78 is 29.9. The third-order valence-electron chi connectivity index (χ3n) is 7.58. The summed E-state index contributed by atoms with van der Waals surface area (Å²) in [6.07, 6.45) is 1.14. The van der Waals surface area contributed by atoms with Gasteiger partial charge in [0.15, 0.2) is 0 Å². The van der Waals surface area contributed by atoms with Crippen LogP contribution >= 0.6 is 0 Å². The van der Waals surface area contributed by atoms with Crippen molar-refractivity contribution in [2.24, 2.45) is 5.92 Å². The smallest absolute Gasteiger partial charge is 0.264 e. The SMILES string of the molecule is CS(=O)(=O)OCC1(c2ccccc2)N2CC3CN1C(c1ccccc1)N(C2)C3c1ccccc1. The fraction of sp³-hybridized carbons (Fsp3) is 0.333. The topological polar surface area (TPSA) is 53.1 Å². The van der Waals surface area contributed by atoms with Crippen LogP contribution in [0.15, 0.2) is 91.0 Å². The average molecular weight is 476 g/mol. The van der Waals surface area contributed by atoms with Gasteiger partial charge in [0.1, 0.15) is 12.3 Å². The third kappa shape index (κ3) is 3.51. The summed E-state index contributed by atoms with van der Waals surface area (Å²) in [5.41, 5.74) is 2.95. The maximum absolute atomic E-state index is 12.2. The maximum atomic E-state index is 12.2. The summed E-state index contributed by atoms with van der Waals surface area (Å²) in [6, 6.07) is 31.9. The van der Waals surface area contributed by atoms with E-state index in [1.54, 1.807) is 0 Å². The van der Waals surface area contributed by atoms with Crippen LogP contribution in [0.5, 0.6) is 0 Å². The Kier molecular flexibility index (Phi) is 5.35. The second-order valence-corrected chi connectivity index (χ2v) is 11.2. The molecular formula is C27H29N3O3S. The van der Waals surface area contributed by atoms with Crippen LogP contribution < -0.4 is 0 Å². The first kappa shape index (κ1) is 21.9. The summed E-state index contributed by atoms with van der Waals surface area (Å²) in [7, 11) is -3.61. The lowest BCUT2D eigenvalue weighted by Gasteiger charge is -2.70. The first-order chi connectivity index (χ1) is 16.5. The Labute approximate surface area is 201 Å². The van der Waals surface area contributed by atoms with E-state index >= 15 is 0 Å². The molecule has 0 radical (unpaired) electrons. The molecule has 4 heterocycles. The Balaban J connectivity index is 1.51. The van der Waals surface area contributed by atoms with Crippen molar-refractivity contribution >= 4 is 10.1 Å². The highest BCUT2D eigenvalue weighted by atomic mass is 32.2. The van der Waals surface area contributed by atoms with Crippen LogP contribution in [0.25, 0.3) is 0 Å². The number of rotatable bonds is 6. The van der Waals surface area contributed by atoms with Crippen molar-refractivity contribution in [3.8, 4) is 0 Å². The van der Waals surface area contributed by atoms with E-state index < -0.39 is 15.8 Å². The Morgan fingerprint density at radius 1 is 0.853 bits per heavy atom. The summed E-state index contributed by atoms with van der Waals surface area (Å²) in [4.78, 5) is 7.46. The molecule has 0 N–H and O–H groups in total. The van der Waals surface area contributed by atoms with Crippen molar-refractivity contribution in [3.05, 3.63) is 108 Å². The van der Waals surface area contributed by atoms with E-state index in [0.717, 1.165) is 31.6 Å². The van der Waals surface area contributed by atoms with E-state index in [0.29, 0.717) is 12.0 Å². The molecule has 0 aromatic heterocycles. The zero-order valence-corrected chi connectivity index (χ0v) is 20.0. The van der Waals surface area contributed by atoms with Crippen molar-refractivity contribution in [1.29, 1.82) is 0 Å². The van der Waals surface area contributed by atoms with E-state index in [-0.39, 0.29) is 12.8 Å². The Bertz CT molecular complexity index is 1260. The number of hydrogen-bond donors (Lipinski definition) is 0. The maximum Gasteiger partial charge on any atom is 0.264 e. The van der Waals surface area contributed by atoms with Crippen molar-refractivity contribution < 1.29 is 12.6 Å². The van der Waals surface area contributed by atoms with Crippen LogP contribution in [0.3, 0.4) is 0 Å². The zero-order chi connectivity index (χ0) is 23.3. The molecule has 4 fully saturated rings. The number of benzene rings is 3. The monoisotopic (exact) mass is 475 g/mol. The summed E-state index contributed by atoms with van der Waals surface area (Å²) in [5, 5.41) is 0. The first-order valence-corrected chi connectivity index (χ1v) is 13.6. The van der Waals surface area contributed by atoms with Crippen LogP contribution in [-0.4, -0.2) is 55.7 Å². The van der Waals surface area contributed by atoms with Gasteiger partial charge in [-0.2, -0.15) is 8.42 Å². The van der Waals surface area contributed by atoms with Crippen LogP contribution in [-0.2, 0) is 20.0 Å². The molecule has 7 unspecified atom stereocenters. The molecule has 4 aliphatic heterocycles. The number of hydrogen-bond acceptors (Lipinski definition) is 6. The van der Waals surface area contributed by atoms with Crippen molar-refractivity contribution in [1.82, 2.24) is 14.7 Å². The predicted octanol–water partition coefficient (Wildman–Crippen LogP) is 3.78. The van der Waals surface area contributed by atoms with Gasteiger partial charge >= 0.3 is 0 Å². The molecule has 0 aliphatic carbocycles. The lowest BCUT2D eigenvalue weighted by Crippen LogP contribution is -2.79. The van der Waals surface area contributed by atoms with Gasteiger partial charge in [0.05, 0.1) is 19.1 Å². The lowest BCUT2D eigenvalue weighted by atomic mass is 9.77. The van der Waals surface area contributed by atoms with Crippen LogP contribution in [0.2, 0.25) is 0 Å². The molecule has 0 amide bonds. The predicted molar refractivity (Wildman–Crippen MR) is 131 cm³/mol. The molecule has 0 saturated carbocycles. The lowest BCUT2D eigenvalue weighted by molar-refractivity contribution is -0.299. The molecular weight excluding hydrogens is 446 g/mol. The highest BCUT2D eigenvalue weighted by molar-refractivity contribution is 7.85. The van der Waals surface area contributed by atoms with Gasteiger partial charge in [-0.05, 0) is 16.7 Å². The standard InChI is InChI=1S/C27H29N3O3S/c1-34(31,32)33-19-27(24-15-9-4-10-16-24)28-17-23-18-30(27)26(22-13-7-3-8-14-22)29(20-28)25(23)21-11-5-2-6-12-21/h2-16,23,25-26H,17-20H2,1H3. The molecule has 7 rings (SSSR count). The van der Waals surface area contributed by atoms with Gasteiger partial charge in [-0.1, -0.05) is 91.0 Å². The minimum Gasteiger partial charge on any atom is -0.267 e. The average Bonchev–Trinajstić information content (AvgIpc) is 2.85. The van der Waals surface area contributed by atoms with Crippen LogP contribution in [0.1, 0.15) is 28.9 Å². The van der Waals surface area contributed by atoms with E-state index in [9.17, 15) is 8.42 Å². The van der Waals surface area contributed by atoms with E-state index in [1.165, 1.54) is 11.1 Å². The quantitative estimate of drug-likeness (QED) is 0.506. The molecule has 176 valence electrons. The second kappa shape index (κ2) is 8.29. The summed E-state index contributed by atoms with van der Waals surface area (Å²) in [6.45, 7) is 2.54. The van der Waals surface area contributed by atoms with Gasteiger partial charge in [0.2, 0.25) is 0 Å².